The molecule has 0 aliphatic rings. The number of nitro groups is 1. The Morgan fingerprint density at radius 2 is 2.08 bits per heavy atom. The Morgan fingerprint density at radius 1 is 1.38 bits per heavy atom. The van der Waals surface area contributed by atoms with Crippen LogP contribution in [0, 0.1) is 21.4 Å². The summed E-state index contributed by atoms with van der Waals surface area (Å²) < 4.78 is 5.44. The summed E-state index contributed by atoms with van der Waals surface area (Å²) in [5.74, 6) is -0.0713. The van der Waals surface area contributed by atoms with E-state index in [0.29, 0.717) is 16.9 Å². The number of halogens is 1. The van der Waals surface area contributed by atoms with Crippen molar-refractivity contribution >= 4 is 29.4 Å². The molecule has 0 heterocycles. The molecule has 9 heteroatoms. The smallest absolute Gasteiger partial charge is 0.288 e. The molecule has 0 aliphatic carbocycles. The zero-order chi connectivity index (χ0) is 19.1. The summed E-state index contributed by atoms with van der Waals surface area (Å²) in [5.41, 5.74) is 2.92. The fourth-order valence-electron chi connectivity index (χ4n) is 1.88. The lowest BCUT2D eigenvalue weighted by molar-refractivity contribution is -0.384. The first-order valence-electron chi connectivity index (χ1n) is 7.34. The molecule has 0 unspecified atom stereocenters. The van der Waals surface area contributed by atoms with Crippen molar-refractivity contribution in [2.24, 2.45) is 5.10 Å². The van der Waals surface area contributed by atoms with E-state index in [0.717, 1.165) is 0 Å². The van der Waals surface area contributed by atoms with Crippen LogP contribution in [0.15, 0.2) is 47.6 Å². The third-order valence-corrected chi connectivity index (χ3v) is 3.54. The first-order chi connectivity index (χ1) is 12.4. The number of benzene rings is 2. The standard InChI is InChI=1S/C17H13ClN4O4/c1-11(26-14-5-2-12(9-19)3-6-14)17(23)21-20-10-13-4-7-15(18)16(8-13)22(24)25/h2-8,10-11H,1H3,(H,21,23)/t11-/m0/s1. The van der Waals surface area contributed by atoms with Crippen LogP contribution in [0.4, 0.5) is 5.69 Å². The third-order valence-electron chi connectivity index (χ3n) is 3.22. The molecule has 1 atom stereocenters. The summed E-state index contributed by atoms with van der Waals surface area (Å²) in [7, 11) is 0. The van der Waals surface area contributed by atoms with Crippen LogP contribution in [0.1, 0.15) is 18.1 Å². The Hall–Kier alpha value is -3.44. The van der Waals surface area contributed by atoms with Gasteiger partial charge in [0.1, 0.15) is 10.8 Å². The molecule has 0 aromatic heterocycles. The average molecular weight is 373 g/mol. The lowest BCUT2D eigenvalue weighted by Gasteiger charge is -2.12. The molecular formula is C17H13ClN4O4. The molecule has 0 aliphatic heterocycles. The number of nitriles is 1. The summed E-state index contributed by atoms with van der Waals surface area (Å²) in [6.45, 7) is 1.54. The molecule has 1 amide bonds. The van der Waals surface area contributed by atoms with E-state index in [2.05, 4.69) is 10.5 Å². The number of nitrogens with one attached hydrogen (secondary N) is 1. The molecule has 0 radical (unpaired) electrons. The monoisotopic (exact) mass is 372 g/mol. The predicted molar refractivity (Wildman–Crippen MR) is 95.1 cm³/mol. The molecule has 8 nitrogen and oxygen atoms in total. The van der Waals surface area contributed by atoms with E-state index in [4.69, 9.17) is 21.6 Å². The minimum absolute atomic E-state index is 0.0145. The number of carbonyl (C=O) groups is 1. The Labute approximate surface area is 153 Å². The fraction of sp³-hybridized carbons (Fsp3) is 0.118. The van der Waals surface area contributed by atoms with Crippen molar-refractivity contribution in [3.8, 4) is 11.8 Å². The van der Waals surface area contributed by atoms with Crippen molar-refractivity contribution < 1.29 is 14.5 Å². The highest BCUT2D eigenvalue weighted by Gasteiger charge is 2.14. The number of nitrogens with zero attached hydrogens (tertiary/aromatic N) is 3. The molecule has 132 valence electrons. The molecule has 0 spiro atoms. The van der Waals surface area contributed by atoms with Gasteiger partial charge in [0.15, 0.2) is 6.10 Å². The maximum absolute atomic E-state index is 12.0. The highest BCUT2D eigenvalue weighted by Crippen LogP contribution is 2.24. The number of hydrogen-bond acceptors (Lipinski definition) is 6. The van der Waals surface area contributed by atoms with Gasteiger partial charge in [-0.2, -0.15) is 10.4 Å². The van der Waals surface area contributed by atoms with E-state index in [1.54, 1.807) is 24.3 Å². The van der Waals surface area contributed by atoms with E-state index >= 15 is 0 Å². The maximum atomic E-state index is 12.0. The van der Waals surface area contributed by atoms with Crippen molar-refractivity contribution in [3.05, 3.63) is 68.7 Å². The number of hydrazone groups is 1. The van der Waals surface area contributed by atoms with Gasteiger partial charge in [0.05, 0.1) is 22.8 Å². The van der Waals surface area contributed by atoms with E-state index in [-0.39, 0.29) is 10.7 Å². The quantitative estimate of drug-likeness (QED) is 0.475. The SMILES string of the molecule is C[C@H](Oc1ccc(C#N)cc1)C(=O)NN=Cc1ccc(Cl)c([N+](=O)[O-])c1. The normalized spacial score (nSPS) is 11.6. The van der Waals surface area contributed by atoms with E-state index < -0.39 is 16.9 Å². The van der Waals surface area contributed by atoms with Gasteiger partial charge in [0.2, 0.25) is 0 Å². The summed E-state index contributed by atoms with van der Waals surface area (Å²) in [4.78, 5) is 22.2. The summed E-state index contributed by atoms with van der Waals surface area (Å²) >= 11 is 5.72. The Kier molecular flexibility index (Phi) is 6.25. The van der Waals surface area contributed by atoms with Gasteiger partial charge in [-0.25, -0.2) is 5.43 Å². The molecule has 0 bridgehead atoms. The minimum atomic E-state index is -0.834. The number of rotatable bonds is 6. The Bertz CT molecular complexity index is 891. The van der Waals surface area contributed by atoms with Crippen LogP contribution in [-0.4, -0.2) is 23.1 Å². The molecule has 0 saturated carbocycles. The van der Waals surface area contributed by atoms with Gasteiger partial charge in [-0.3, -0.25) is 14.9 Å². The lowest BCUT2D eigenvalue weighted by atomic mass is 10.2. The third kappa shape index (κ3) is 5.03. The molecular weight excluding hydrogens is 360 g/mol. The largest absolute Gasteiger partial charge is 0.481 e. The van der Waals surface area contributed by atoms with Crippen LogP contribution in [-0.2, 0) is 4.79 Å². The van der Waals surface area contributed by atoms with Crippen molar-refractivity contribution in [3.63, 3.8) is 0 Å². The fourth-order valence-corrected chi connectivity index (χ4v) is 2.06. The predicted octanol–water partition coefficient (Wildman–Crippen LogP) is 3.04. The zero-order valence-electron chi connectivity index (χ0n) is 13.5. The summed E-state index contributed by atoms with van der Waals surface area (Å²) in [6, 6.07) is 12.4. The van der Waals surface area contributed by atoms with Gasteiger partial charge >= 0.3 is 0 Å². The number of nitro benzene ring substituents is 1. The van der Waals surface area contributed by atoms with E-state index in [1.807, 2.05) is 6.07 Å². The van der Waals surface area contributed by atoms with Crippen molar-refractivity contribution in [2.45, 2.75) is 13.0 Å². The molecule has 2 aromatic rings. The Balaban J connectivity index is 1.94. The topological polar surface area (TPSA) is 118 Å². The highest BCUT2D eigenvalue weighted by atomic mass is 35.5. The molecule has 2 aromatic carbocycles. The second-order valence-electron chi connectivity index (χ2n) is 5.10. The number of ether oxygens (including phenoxy) is 1. The van der Waals surface area contributed by atoms with E-state index in [9.17, 15) is 14.9 Å². The van der Waals surface area contributed by atoms with Crippen LogP contribution >= 0.6 is 11.6 Å². The number of carbonyl (C=O) groups excluding carboxylic acids is 1. The second-order valence-corrected chi connectivity index (χ2v) is 5.51. The Morgan fingerprint density at radius 3 is 2.69 bits per heavy atom. The number of amides is 1. The van der Waals surface area contributed by atoms with Crippen LogP contribution in [0.25, 0.3) is 0 Å². The average Bonchev–Trinajstić information content (AvgIpc) is 2.63. The minimum Gasteiger partial charge on any atom is -0.481 e. The highest BCUT2D eigenvalue weighted by molar-refractivity contribution is 6.32. The van der Waals surface area contributed by atoms with Crippen LogP contribution < -0.4 is 10.2 Å². The second kappa shape index (κ2) is 8.60. The molecule has 26 heavy (non-hydrogen) atoms. The lowest BCUT2D eigenvalue weighted by Crippen LogP contribution is -2.33. The van der Waals surface area contributed by atoms with Crippen LogP contribution in [0.2, 0.25) is 5.02 Å². The zero-order valence-corrected chi connectivity index (χ0v) is 14.3. The van der Waals surface area contributed by atoms with Gasteiger partial charge in [-0.05, 0) is 37.3 Å². The van der Waals surface area contributed by atoms with Gasteiger partial charge < -0.3 is 4.74 Å². The first-order valence-corrected chi connectivity index (χ1v) is 7.72. The van der Waals surface area contributed by atoms with Crippen LogP contribution in [0.3, 0.4) is 0 Å². The van der Waals surface area contributed by atoms with Gasteiger partial charge in [0.25, 0.3) is 11.6 Å². The van der Waals surface area contributed by atoms with Gasteiger partial charge in [-0.1, -0.05) is 17.7 Å². The van der Waals surface area contributed by atoms with Crippen molar-refractivity contribution in [2.75, 3.05) is 0 Å². The number of hydrogen-bond donors (Lipinski definition) is 1. The molecule has 0 saturated heterocycles. The molecule has 0 fully saturated rings. The van der Waals surface area contributed by atoms with Crippen LogP contribution in [0.5, 0.6) is 5.75 Å². The van der Waals surface area contributed by atoms with Gasteiger partial charge in [0, 0.05) is 11.6 Å². The summed E-state index contributed by atoms with van der Waals surface area (Å²) in [6.07, 6.45) is 0.426. The maximum Gasteiger partial charge on any atom is 0.288 e. The molecule has 1 N–H and O–H groups in total. The van der Waals surface area contributed by atoms with E-state index in [1.165, 1.54) is 31.3 Å². The molecule has 2 rings (SSSR count). The first kappa shape index (κ1) is 18.9. The van der Waals surface area contributed by atoms with Crippen molar-refractivity contribution in [1.29, 1.82) is 5.26 Å². The summed E-state index contributed by atoms with van der Waals surface area (Å²) in [5, 5.41) is 23.3. The van der Waals surface area contributed by atoms with Crippen molar-refractivity contribution in [1.82, 2.24) is 5.43 Å². The van der Waals surface area contributed by atoms with Gasteiger partial charge in [-0.15, -0.1) is 0 Å².